The van der Waals surface area contributed by atoms with E-state index in [-0.39, 0.29) is 5.57 Å². The molecule has 0 unspecified atom stereocenters. The lowest BCUT2D eigenvalue weighted by Gasteiger charge is -2.28. The maximum absolute atomic E-state index is 11.1. The highest BCUT2D eigenvalue weighted by molar-refractivity contribution is 5.88. The van der Waals surface area contributed by atoms with Crippen molar-refractivity contribution in [1.82, 2.24) is 0 Å². The van der Waals surface area contributed by atoms with Gasteiger partial charge in [0.15, 0.2) is 5.57 Å². The fourth-order valence-electron chi connectivity index (χ4n) is 0.891. The first-order valence-corrected chi connectivity index (χ1v) is 3.61. The molecule has 0 saturated heterocycles. The van der Waals surface area contributed by atoms with E-state index in [1.165, 1.54) is 20.8 Å². The molecule has 0 spiro atoms. The fraction of sp³-hybridized carbons (Fsp3) is 0.571. The van der Waals surface area contributed by atoms with E-state index < -0.39 is 22.6 Å². The van der Waals surface area contributed by atoms with Crippen LogP contribution in [0.15, 0.2) is 11.5 Å². The standard InChI is InChI=1S/C7H9NO5/c1-4-5(8(10)11)12-7(2,3)13-6(4)9/h1-3H3. The summed E-state index contributed by atoms with van der Waals surface area (Å²) in [7, 11) is 0. The lowest BCUT2D eigenvalue weighted by molar-refractivity contribution is -0.483. The number of esters is 1. The Morgan fingerprint density at radius 2 is 1.92 bits per heavy atom. The van der Waals surface area contributed by atoms with Gasteiger partial charge in [0, 0.05) is 13.8 Å². The van der Waals surface area contributed by atoms with Crippen LogP contribution < -0.4 is 0 Å². The predicted molar refractivity (Wildman–Crippen MR) is 41.0 cm³/mol. The molecule has 72 valence electrons. The normalized spacial score (nSPS) is 20.7. The lowest BCUT2D eigenvalue weighted by Crippen LogP contribution is -2.38. The Hall–Kier alpha value is -1.59. The molecule has 1 aliphatic rings. The Bertz CT molecular complexity index is 304. The zero-order valence-electron chi connectivity index (χ0n) is 7.49. The van der Waals surface area contributed by atoms with Gasteiger partial charge >= 0.3 is 11.9 Å². The van der Waals surface area contributed by atoms with Gasteiger partial charge in [0.25, 0.3) is 5.79 Å². The fourth-order valence-corrected chi connectivity index (χ4v) is 0.891. The van der Waals surface area contributed by atoms with Gasteiger partial charge in [-0.25, -0.2) is 4.79 Å². The quantitative estimate of drug-likeness (QED) is 0.344. The number of nitro groups is 1. The highest BCUT2D eigenvalue weighted by atomic mass is 16.8. The van der Waals surface area contributed by atoms with Gasteiger partial charge in [-0.05, 0) is 6.92 Å². The topological polar surface area (TPSA) is 78.7 Å². The summed E-state index contributed by atoms with van der Waals surface area (Å²) in [6.45, 7) is 4.15. The average molecular weight is 187 g/mol. The van der Waals surface area contributed by atoms with E-state index in [0.29, 0.717) is 0 Å². The highest BCUT2D eigenvalue weighted by Gasteiger charge is 2.40. The molecule has 0 saturated carbocycles. The SMILES string of the molecule is CC1=C([N+](=O)[O-])OC(C)(C)OC1=O. The molecular weight excluding hydrogens is 178 g/mol. The first kappa shape index (κ1) is 9.50. The van der Waals surface area contributed by atoms with Crippen LogP contribution in [0.2, 0.25) is 0 Å². The molecule has 6 nitrogen and oxygen atoms in total. The molecule has 0 amide bonds. The summed E-state index contributed by atoms with van der Waals surface area (Å²) >= 11 is 0. The molecule has 0 fully saturated rings. The lowest BCUT2D eigenvalue weighted by atomic mass is 10.2. The van der Waals surface area contributed by atoms with Crippen LogP contribution in [-0.4, -0.2) is 16.7 Å². The number of ether oxygens (including phenoxy) is 2. The van der Waals surface area contributed by atoms with Crippen LogP contribution >= 0.6 is 0 Å². The maximum atomic E-state index is 11.1. The van der Waals surface area contributed by atoms with Crippen molar-refractivity contribution in [3.05, 3.63) is 21.6 Å². The van der Waals surface area contributed by atoms with Crippen molar-refractivity contribution in [2.24, 2.45) is 0 Å². The van der Waals surface area contributed by atoms with Gasteiger partial charge in [0.1, 0.15) is 4.92 Å². The summed E-state index contributed by atoms with van der Waals surface area (Å²) in [4.78, 5) is 20.7. The van der Waals surface area contributed by atoms with Crippen molar-refractivity contribution in [1.29, 1.82) is 0 Å². The molecule has 0 radical (unpaired) electrons. The number of cyclic esters (lactones) is 1. The Labute approximate surface area is 74.3 Å². The van der Waals surface area contributed by atoms with Crippen LogP contribution in [0.3, 0.4) is 0 Å². The minimum absolute atomic E-state index is 0.121. The number of hydrogen-bond donors (Lipinski definition) is 0. The van der Waals surface area contributed by atoms with E-state index in [0.717, 1.165) is 0 Å². The minimum Gasteiger partial charge on any atom is -0.419 e. The van der Waals surface area contributed by atoms with E-state index in [1.807, 2.05) is 0 Å². The molecule has 0 atom stereocenters. The summed E-state index contributed by atoms with van der Waals surface area (Å²) in [6, 6.07) is 0. The van der Waals surface area contributed by atoms with E-state index in [2.05, 4.69) is 0 Å². The van der Waals surface area contributed by atoms with Crippen LogP contribution in [-0.2, 0) is 14.3 Å². The van der Waals surface area contributed by atoms with Crippen molar-refractivity contribution in [3.63, 3.8) is 0 Å². The molecule has 13 heavy (non-hydrogen) atoms. The highest BCUT2D eigenvalue weighted by Crippen LogP contribution is 2.26. The molecule has 0 N–H and O–H groups in total. The monoisotopic (exact) mass is 187 g/mol. The van der Waals surface area contributed by atoms with Crippen LogP contribution in [0.25, 0.3) is 0 Å². The summed E-state index contributed by atoms with van der Waals surface area (Å²) < 4.78 is 9.60. The first-order chi connectivity index (χ1) is 5.83. The van der Waals surface area contributed by atoms with Crippen LogP contribution in [0.5, 0.6) is 0 Å². The molecule has 0 aromatic carbocycles. The van der Waals surface area contributed by atoms with E-state index in [1.54, 1.807) is 0 Å². The molecule has 1 heterocycles. The summed E-state index contributed by atoms with van der Waals surface area (Å²) in [6.07, 6.45) is 0. The van der Waals surface area contributed by atoms with Crippen LogP contribution in [0.4, 0.5) is 0 Å². The predicted octanol–water partition coefficient (Wildman–Crippen LogP) is 0.804. The number of rotatable bonds is 1. The van der Waals surface area contributed by atoms with Gasteiger partial charge in [-0.3, -0.25) is 10.1 Å². The van der Waals surface area contributed by atoms with E-state index >= 15 is 0 Å². The van der Waals surface area contributed by atoms with Crippen molar-refractivity contribution in [2.75, 3.05) is 0 Å². The number of carbonyl (C=O) groups is 1. The summed E-state index contributed by atoms with van der Waals surface area (Å²) in [5.74, 6) is -2.52. The molecule has 1 rings (SSSR count). The van der Waals surface area contributed by atoms with Gasteiger partial charge in [0.05, 0.1) is 0 Å². The summed E-state index contributed by atoms with van der Waals surface area (Å²) in [5, 5.41) is 10.4. The van der Waals surface area contributed by atoms with Gasteiger partial charge in [-0.2, -0.15) is 0 Å². The molecule has 0 bridgehead atoms. The Kier molecular flexibility index (Phi) is 1.99. The molecule has 1 aliphatic heterocycles. The zero-order chi connectivity index (χ0) is 10.2. The van der Waals surface area contributed by atoms with Gasteiger partial charge in [-0.1, -0.05) is 0 Å². The van der Waals surface area contributed by atoms with Crippen molar-refractivity contribution < 1.29 is 19.2 Å². The number of nitrogens with zero attached hydrogens (tertiary/aromatic N) is 1. The Morgan fingerprint density at radius 1 is 1.38 bits per heavy atom. The summed E-state index contributed by atoms with van der Waals surface area (Å²) in [5.41, 5.74) is -0.121. The van der Waals surface area contributed by atoms with Gasteiger partial charge < -0.3 is 9.47 Å². The number of hydrogen-bond acceptors (Lipinski definition) is 5. The number of carbonyl (C=O) groups excluding carboxylic acids is 1. The van der Waals surface area contributed by atoms with Crippen molar-refractivity contribution in [2.45, 2.75) is 26.6 Å². The maximum Gasteiger partial charge on any atom is 0.441 e. The molecule has 0 aliphatic carbocycles. The largest absolute Gasteiger partial charge is 0.441 e. The first-order valence-electron chi connectivity index (χ1n) is 3.61. The van der Waals surface area contributed by atoms with Crippen LogP contribution in [0, 0.1) is 10.1 Å². The van der Waals surface area contributed by atoms with E-state index in [9.17, 15) is 14.9 Å². The van der Waals surface area contributed by atoms with Gasteiger partial charge in [-0.15, -0.1) is 0 Å². The third-order valence-corrected chi connectivity index (χ3v) is 1.47. The Morgan fingerprint density at radius 3 is 2.38 bits per heavy atom. The smallest absolute Gasteiger partial charge is 0.419 e. The molecule has 6 heteroatoms. The zero-order valence-corrected chi connectivity index (χ0v) is 7.49. The molecule has 0 aromatic heterocycles. The molecular formula is C7H9NO5. The third kappa shape index (κ3) is 1.77. The average Bonchev–Trinajstić information content (AvgIpc) is 1.95. The second kappa shape index (κ2) is 2.72. The second-order valence-electron chi connectivity index (χ2n) is 3.08. The van der Waals surface area contributed by atoms with Crippen LogP contribution in [0.1, 0.15) is 20.8 Å². The van der Waals surface area contributed by atoms with Crippen molar-refractivity contribution >= 4 is 5.97 Å². The minimum atomic E-state index is -1.26. The molecule has 0 aromatic rings. The second-order valence-corrected chi connectivity index (χ2v) is 3.08. The Balaban J connectivity index is 3.10. The third-order valence-electron chi connectivity index (χ3n) is 1.47. The van der Waals surface area contributed by atoms with Gasteiger partial charge in [0.2, 0.25) is 0 Å². The van der Waals surface area contributed by atoms with Crippen molar-refractivity contribution in [3.8, 4) is 0 Å². The van der Waals surface area contributed by atoms with E-state index in [4.69, 9.17) is 9.47 Å².